The minimum Gasteiger partial charge on any atom is -0.444 e. The number of hydrogen-bond donors (Lipinski definition) is 4. The lowest BCUT2D eigenvalue weighted by molar-refractivity contribution is -0.120. The molecule has 0 aliphatic heterocycles. The molecular weight excluding hydrogens is 449 g/mol. The molecule has 0 aromatic rings. The molecule has 4 N–H and O–H groups in total. The lowest BCUT2D eigenvalue weighted by Crippen LogP contribution is -2.54. The number of hydrogen-bond acceptors (Lipinski definition) is 4. The van der Waals surface area contributed by atoms with E-state index < -0.39 is 17.2 Å². The Morgan fingerprint density at radius 1 is 1.00 bits per heavy atom. The van der Waals surface area contributed by atoms with Gasteiger partial charge in [-0.2, -0.15) is 0 Å². The fourth-order valence-electron chi connectivity index (χ4n) is 1.80. The molecule has 0 aliphatic rings. The molecule has 0 radical (unpaired) electrons. The standard InChI is InChI=1S/C17H35N5O3.HI/c1-8-10-19-13(23)9-11-20-14(18-7)21-12-17(5,6)22-15(24)25-16(2,3)4;/h8-12H2,1-7H3,(H,19,23)(H,22,24)(H2,18,20,21);1H. The lowest BCUT2D eigenvalue weighted by Gasteiger charge is -2.29. The summed E-state index contributed by atoms with van der Waals surface area (Å²) >= 11 is 0. The Hall–Kier alpha value is -1.26. The van der Waals surface area contributed by atoms with Crippen LogP contribution in [0.5, 0.6) is 0 Å². The van der Waals surface area contributed by atoms with Crippen molar-refractivity contribution >= 4 is 41.9 Å². The molecule has 154 valence electrons. The van der Waals surface area contributed by atoms with Crippen molar-refractivity contribution in [2.45, 2.75) is 65.5 Å². The van der Waals surface area contributed by atoms with Gasteiger partial charge >= 0.3 is 6.09 Å². The summed E-state index contributed by atoms with van der Waals surface area (Å²) in [4.78, 5) is 27.5. The van der Waals surface area contributed by atoms with Gasteiger partial charge in [0.25, 0.3) is 0 Å². The molecule has 26 heavy (non-hydrogen) atoms. The number of alkyl carbamates (subject to hydrolysis) is 1. The van der Waals surface area contributed by atoms with Gasteiger partial charge in [0, 0.05) is 33.1 Å². The fourth-order valence-corrected chi connectivity index (χ4v) is 1.80. The topological polar surface area (TPSA) is 104 Å². The van der Waals surface area contributed by atoms with Crippen LogP contribution in [0, 0.1) is 0 Å². The normalized spacial score (nSPS) is 11.9. The monoisotopic (exact) mass is 485 g/mol. The van der Waals surface area contributed by atoms with Gasteiger partial charge in [-0.3, -0.25) is 9.79 Å². The second kappa shape index (κ2) is 13.0. The van der Waals surface area contributed by atoms with Gasteiger partial charge < -0.3 is 26.0 Å². The minimum atomic E-state index is -0.538. The number of ether oxygens (including phenoxy) is 1. The number of nitrogens with one attached hydrogen (secondary N) is 4. The smallest absolute Gasteiger partial charge is 0.408 e. The number of rotatable bonds is 8. The summed E-state index contributed by atoms with van der Waals surface area (Å²) < 4.78 is 5.26. The lowest BCUT2D eigenvalue weighted by atomic mass is 10.1. The van der Waals surface area contributed by atoms with Crippen molar-refractivity contribution in [3.8, 4) is 0 Å². The Balaban J connectivity index is 0. The molecule has 8 nitrogen and oxygen atoms in total. The third kappa shape index (κ3) is 15.0. The summed E-state index contributed by atoms with van der Waals surface area (Å²) in [7, 11) is 1.65. The molecule has 0 fully saturated rings. The molecular formula is C17H36IN5O3. The van der Waals surface area contributed by atoms with E-state index in [0.29, 0.717) is 32.0 Å². The van der Waals surface area contributed by atoms with Crippen LogP contribution in [0.3, 0.4) is 0 Å². The van der Waals surface area contributed by atoms with Crippen LogP contribution in [-0.4, -0.2) is 55.8 Å². The van der Waals surface area contributed by atoms with E-state index in [9.17, 15) is 9.59 Å². The Kier molecular flexibility index (Phi) is 13.5. The van der Waals surface area contributed by atoms with Crippen molar-refractivity contribution in [1.82, 2.24) is 21.3 Å². The van der Waals surface area contributed by atoms with Gasteiger partial charge in [0.15, 0.2) is 5.96 Å². The molecule has 9 heteroatoms. The highest BCUT2D eigenvalue weighted by atomic mass is 127. The predicted molar refractivity (Wildman–Crippen MR) is 116 cm³/mol. The highest BCUT2D eigenvalue weighted by Gasteiger charge is 2.24. The second-order valence-electron chi connectivity index (χ2n) is 7.46. The molecule has 0 saturated heterocycles. The van der Waals surface area contributed by atoms with Gasteiger partial charge in [-0.25, -0.2) is 4.79 Å². The number of carbonyl (C=O) groups is 2. The van der Waals surface area contributed by atoms with Gasteiger partial charge in [0.2, 0.25) is 5.91 Å². The maximum Gasteiger partial charge on any atom is 0.408 e. The minimum absolute atomic E-state index is 0. The van der Waals surface area contributed by atoms with Crippen LogP contribution in [0.15, 0.2) is 4.99 Å². The van der Waals surface area contributed by atoms with Crippen molar-refractivity contribution in [2.75, 3.05) is 26.7 Å². The summed E-state index contributed by atoms with van der Waals surface area (Å²) in [5, 5.41) is 11.8. The van der Waals surface area contributed by atoms with Crippen molar-refractivity contribution in [1.29, 1.82) is 0 Å². The van der Waals surface area contributed by atoms with Gasteiger partial charge in [0.1, 0.15) is 5.60 Å². The van der Waals surface area contributed by atoms with Gasteiger partial charge in [-0.15, -0.1) is 24.0 Å². The molecule has 0 heterocycles. The van der Waals surface area contributed by atoms with Crippen LogP contribution in [0.1, 0.15) is 54.4 Å². The average molecular weight is 485 g/mol. The zero-order chi connectivity index (χ0) is 19.5. The highest BCUT2D eigenvalue weighted by molar-refractivity contribution is 14.0. The molecule has 0 rings (SSSR count). The number of guanidine groups is 1. The van der Waals surface area contributed by atoms with Crippen molar-refractivity contribution in [2.24, 2.45) is 4.99 Å². The molecule has 0 saturated carbocycles. The van der Waals surface area contributed by atoms with E-state index in [1.54, 1.807) is 7.05 Å². The number of nitrogens with zero attached hydrogens (tertiary/aromatic N) is 1. The van der Waals surface area contributed by atoms with Crippen LogP contribution in [0.25, 0.3) is 0 Å². The summed E-state index contributed by atoms with van der Waals surface area (Å²) in [5.74, 6) is 0.582. The second-order valence-corrected chi connectivity index (χ2v) is 7.46. The van der Waals surface area contributed by atoms with Crippen molar-refractivity contribution < 1.29 is 14.3 Å². The summed E-state index contributed by atoms with van der Waals surface area (Å²) in [5.41, 5.74) is -1.07. The molecule has 0 bridgehead atoms. The summed E-state index contributed by atoms with van der Waals surface area (Å²) in [6.07, 6.45) is 0.831. The Morgan fingerprint density at radius 2 is 1.62 bits per heavy atom. The van der Waals surface area contributed by atoms with E-state index >= 15 is 0 Å². The maximum atomic E-state index is 11.9. The average Bonchev–Trinajstić information content (AvgIpc) is 2.45. The van der Waals surface area contributed by atoms with Crippen molar-refractivity contribution in [3.05, 3.63) is 0 Å². The van der Waals surface area contributed by atoms with Crippen LogP contribution < -0.4 is 21.3 Å². The molecule has 0 unspecified atom stereocenters. The highest BCUT2D eigenvalue weighted by Crippen LogP contribution is 2.09. The third-order valence-electron chi connectivity index (χ3n) is 2.98. The Bertz CT molecular complexity index is 462. The molecule has 0 aliphatic carbocycles. The van der Waals surface area contributed by atoms with E-state index in [2.05, 4.69) is 26.3 Å². The number of aliphatic imine (C=N–C) groups is 1. The van der Waals surface area contributed by atoms with Crippen LogP contribution in [0.2, 0.25) is 0 Å². The Labute approximate surface area is 174 Å². The first-order valence-electron chi connectivity index (χ1n) is 8.71. The van der Waals surface area contributed by atoms with Gasteiger partial charge in [-0.05, 0) is 41.0 Å². The van der Waals surface area contributed by atoms with E-state index in [0.717, 1.165) is 6.42 Å². The first-order valence-corrected chi connectivity index (χ1v) is 8.71. The third-order valence-corrected chi connectivity index (χ3v) is 2.98. The van der Waals surface area contributed by atoms with E-state index in [1.807, 2.05) is 41.5 Å². The number of carbonyl (C=O) groups excluding carboxylic acids is 2. The molecule has 0 atom stereocenters. The first kappa shape index (κ1) is 27.0. The largest absolute Gasteiger partial charge is 0.444 e. The molecule has 0 aromatic carbocycles. The van der Waals surface area contributed by atoms with E-state index in [4.69, 9.17) is 4.74 Å². The maximum absolute atomic E-state index is 11.9. The van der Waals surface area contributed by atoms with Gasteiger partial charge in [0.05, 0.1) is 5.54 Å². The number of halogens is 1. The molecule has 2 amide bonds. The zero-order valence-electron chi connectivity index (χ0n) is 17.1. The SMILES string of the molecule is CCCNC(=O)CCNC(=NC)NCC(C)(C)NC(=O)OC(C)(C)C.I. The quantitative estimate of drug-likeness (QED) is 0.239. The van der Waals surface area contributed by atoms with Crippen LogP contribution in [0.4, 0.5) is 4.79 Å². The first-order chi connectivity index (χ1) is 11.5. The molecule has 0 aromatic heterocycles. The van der Waals surface area contributed by atoms with Crippen LogP contribution >= 0.6 is 24.0 Å². The van der Waals surface area contributed by atoms with E-state index in [-0.39, 0.29) is 29.9 Å². The molecule has 0 spiro atoms. The summed E-state index contributed by atoms with van der Waals surface area (Å²) in [6.45, 7) is 12.9. The zero-order valence-corrected chi connectivity index (χ0v) is 19.4. The van der Waals surface area contributed by atoms with Gasteiger partial charge in [-0.1, -0.05) is 6.92 Å². The Morgan fingerprint density at radius 3 is 2.12 bits per heavy atom. The summed E-state index contributed by atoms with van der Waals surface area (Å²) in [6, 6.07) is 0. The van der Waals surface area contributed by atoms with E-state index in [1.165, 1.54) is 0 Å². The number of amides is 2. The fraction of sp³-hybridized carbons (Fsp3) is 0.824. The van der Waals surface area contributed by atoms with Crippen molar-refractivity contribution in [3.63, 3.8) is 0 Å². The predicted octanol–water partition coefficient (Wildman–Crippen LogP) is 1.99. The van der Waals surface area contributed by atoms with Crippen LogP contribution in [-0.2, 0) is 9.53 Å².